The standard InChI is InChI=1S/C21H20F2N4OS2.ClH/c1-3-26(4-2)7-8-27(20(28)13-5-6-16-17(9-13)29-12-24-16)21-25-19-15(23)10-14(22)11-18(19)30-21;/h5-6,9-12H,3-4,7-8H2,1-2H3;1H. The molecule has 0 saturated heterocycles. The monoisotopic (exact) mass is 482 g/mol. The van der Waals surface area contributed by atoms with Crippen molar-refractivity contribution in [3.63, 3.8) is 0 Å². The second-order valence-electron chi connectivity index (χ2n) is 6.75. The number of anilines is 1. The third-order valence-corrected chi connectivity index (χ3v) is 6.81. The van der Waals surface area contributed by atoms with Crippen LogP contribution in [0.2, 0.25) is 0 Å². The van der Waals surface area contributed by atoms with Crippen LogP contribution in [-0.4, -0.2) is 47.0 Å². The summed E-state index contributed by atoms with van der Waals surface area (Å²) in [6.45, 7) is 6.86. The van der Waals surface area contributed by atoms with Gasteiger partial charge in [0, 0.05) is 24.7 Å². The number of carbonyl (C=O) groups excluding carboxylic acids is 1. The van der Waals surface area contributed by atoms with E-state index in [1.54, 1.807) is 16.5 Å². The van der Waals surface area contributed by atoms with Crippen LogP contribution in [-0.2, 0) is 0 Å². The maximum Gasteiger partial charge on any atom is 0.260 e. The molecule has 0 spiro atoms. The molecule has 2 heterocycles. The van der Waals surface area contributed by atoms with E-state index in [-0.39, 0.29) is 23.8 Å². The summed E-state index contributed by atoms with van der Waals surface area (Å²) in [6, 6.07) is 7.42. The Hall–Kier alpha value is -2.20. The van der Waals surface area contributed by atoms with E-state index >= 15 is 0 Å². The largest absolute Gasteiger partial charge is 0.302 e. The molecule has 0 aliphatic carbocycles. The van der Waals surface area contributed by atoms with E-state index in [9.17, 15) is 13.6 Å². The van der Waals surface area contributed by atoms with Gasteiger partial charge in [0.2, 0.25) is 0 Å². The molecule has 2 aromatic carbocycles. The van der Waals surface area contributed by atoms with Gasteiger partial charge in [-0.05, 0) is 37.4 Å². The van der Waals surface area contributed by atoms with Gasteiger partial charge in [-0.2, -0.15) is 0 Å². The van der Waals surface area contributed by atoms with Crippen molar-refractivity contribution in [3.8, 4) is 0 Å². The second-order valence-corrected chi connectivity index (χ2v) is 8.64. The van der Waals surface area contributed by atoms with Crippen molar-refractivity contribution in [2.24, 2.45) is 0 Å². The summed E-state index contributed by atoms with van der Waals surface area (Å²) in [5.74, 6) is -1.61. The first kappa shape index (κ1) is 23.5. The molecule has 0 unspecified atom stereocenters. The van der Waals surface area contributed by atoms with Gasteiger partial charge >= 0.3 is 0 Å². The molecule has 164 valence electrons. The molecule has 0 N–H and O–H groups in total. The topological polar surface area (TPSA) is 49.3 Å². The predicted molar refractivity (Wildman–Crippen MR) is 126 cm³/mol. The highest BCUT2D eigenvalue weighted by Crippen LogP contribution is 2.32. The van der Waals surface area contributed by atoms with E-state index in [1.165, 1.54) is 17.4 Å². The minimum atomic E-state index is -0.727. The Morgan fingerprint density at radius 3 is 2.58 bits per heavy atom. The minimum absolute atomic E-state index is 0. The molecule has 0 aliphatic rings. The lowest BCUT2D eigenvalue weighted by atomic mass is 10.2. The van der Waals surface area contributed by atoms with Crippen LogP contribution < -0.4 is 4.90 Å². The van der Waals surface area contributed by atoms with Crippen molar-refractivity contribution in [1.82, 2.24) is 14.9 Å². The van der Waals surface area contributed by atoms with Gasteiger partial charge in [-0.25, -0.2) is 18.7 Å². The number of thiazole rings is 2. The van der Waals surface area contributed by atoms with E-state index in [0.29, 0.717) is 28.5 Å². The Kier molecular flexibility index (Phi) is 7.53. The van der Waals surface area contributed by atoms with Gasteiger partial charge in [0.15, 0.2) is 10.9 Å². The maximum absolute atomic E-state index is 14.2. The van der Waals surface area contributed by atoms with E-state index in [1.807, 2.05) is 12.1 Å². The smallest absolute Gasteiger partial charge is 0.260 e. The number of amides is 1. The average Bonchev–Trinajstić information content (AvgIpc) is 3.37. The molecule has 0 bridgehead atoms. The highest BCUT2D eigenvalue weighted by atomic mass is 35.5. The molecule has 0 atom stereocenters. The van der Waals surface area contributed by atoms with Crippen molar-refractivity contribution >= 4 is 66.6 Å². The van der Waals surface area contributed by atoms with Crippen molar-refractivity contribution in [2.45, 2.75) is 13.8 Å². The first-order chi connectivity index (χ1) is 14.5. The van der Waals surface area contributed by atoms with Gasteiger partial charge in [-0.15, -0.1) is 23.7 Å². The zero-order chi connectivity index (χ0) is 21.3. The fraction of sp³-hybridized carbons (Fsp3) is 0.286. The third-order valence-electron chi connectivity index (χ3n) is 4.99. The fourth-order valence-corrected chi connectivity index (χ4v) is 5.02. The summed E-state index contributed by atoms with van der Waals surface area (Å²) < 4.78 is 29.1. The molecule has 10 heteroatoms. The number of aromatic nitrogens is 2. The molecule has 5 nitrogen and oxygen atoms in total. The molecule has 4 aromatic rings. The van der Waals surface area contributed by atoms with Gasteiger partial charge in [0.1, 0.15) is 11.3 Å². The Labute approximate surface area is 192 Å². The van der Waals surface area contributed by atoms with Crippen LogP contribution >= 0.6 is 35.1 Å². The number of carbonyl (C=O) groups is 1. The summed E-state index contributed by atoms with van der Waals surface area (Å²) in [7, 11) is 0. The molecule has 2 aromatic heterocycles. The lowest BCUT2D eigenvalue weighted by molar-refractivity contribution is 0.0984. The SMILES string of the molecule is CCN(CC)CCN(C(=O)c1ccc2ncsc2c1)c1nc2c(F)cc(F)cc2s1.Cl. The van der Waals surface area contributed by atoms with Crippen LogP contribution in [0.1, 0.15) is 24.2 Å². The summed E-state index contributed by atoms with van der Waals surface area (Å²) >= 11 is 2.58. The predicted octanol–water partition coefficient (Wildman–Crippen LogP) is 5.59. The average molecular weight is 483 g/mol. The molecule has 0 fully saturated rings. The van der Waals surface area contributed by atoms with Crippen molar-refractivity contribution in [1.29, 1.82) is 0 Å². The first-order valence-electron chi connectivity index (χ1n) is 9.63. The van der Waals surface area contributed by atoms with Crippen LogP contribution in [0.3, 0.4) is 0 Å². The third kappa shape index (κ3) is 4.85. The summed E-state index contributed by atoms with van der Waals surface area (Å²) in [5, 5.41) is 0.357. The Balaban J connectivity index is 0.00000272. The van der Waals surface area contributed by atoms with Crippen molar-refractivity contribution < 1.29 is 13.6 Å². The summed E-state index contributed by atoms with van der Waals surface area (Å²) in [6.07, 6.45) is 0. The van der Waals surface area contributed by atoms with Crippen LogP contribution in [0.5, 0.6) is 0 Å². The second kappa shape index (κ2) is 9.95. The number of hydrogen-bond donors (Lipinski definition) is 0. The number of halogens is 3. The highest BCUT2D eigenvalue weighted by molar-refractivity contribution is 7.22. The van der Waals surface area contributed by atoms with Gasteiger partial charge < -0.3 is 4.90 Å². The van der Waals surface area contributed by atoms with E-state index in [2.05, 4.69) is 28.7 Å². The fourth-order valence-electron chi connectivity index (χ4n) is 3.27. The Morgan fingerprint density at radius 1 is 1.06 bits per heavy atom. The number of likely N-dealkylation sites (N-methyl/N-ethyl adjacent to an activating group) is 1. The van der Waals surface area contributed by atoms with E-state index in [0.717, 1.165) is 40.7 Å². The highest BCUT2D eigenvalue weighted by Gasteiger charge is 2.23. The zero-order valence-corrected chi connectivity index (χ0v) is 19.4. The summed E-state index contributed by atoms with van der Waals surface area (Å²) in [5.41, 5.74) is 3.16. The maximum atomic E-state index is 14.2. The molecule has 4 rings (SSSR count). The molecule has 1 amide bonds. The van der Waals surface area contributed by atoms with Gasteiger partial charge in [0.25, 0.3) is 5.91 Å². The van der Waals surface area contributed by atoms with E-state index in [4.69, 9.17) is 0 Å². The summed E-state index contributed by atoms with van der Waals surface area (Å²) in [4.78, 5) is 25.8. The van der Waals surface area contributed by atoms with Gasteiger partial charge in [-0.1, -0.05) is 25.2 Å². The molecule has 0 aliphatic heterocycles. The number of rotatable bonds is 7. The lowest BCUT2D eigenvalue weighted by Gasteiger charge is -2.24. The number of fused-ring (bicyclic) bond motifs is 2. The Bertz CT molecular complexity index is 1210. The van der Waals surface area contributed by atoms with Crippen LogP contribution in [0.25, 0.3) is 20.4 Å². The first-order valence-corrected chi connectivity index (χ1v) is 11.3. The molecular formula is C21H21ClF2N4OS2. The molecule has 31 heavy (non-hydrogen) atoms. The molecule has 0 radical (unpaired) electrons. The minimum Gasteiger partial charge on any atom is -0.302 e. The van der Waals surface area contributed by atoms with Crippen LogP contribution in [0.4, 0.5) is 13.9 Å². The Morgan fingerprint density at radius 2 is 1.84 bits per heavy atom. The zero-order valence-electron chi connectivity index (χ0n) is 17.0. The number of benzene rings is 2. The van der Waals surface area contributed by atoms with Gasteiger partial charge in [-0.3, -0.25) is 9.69 Å². The number of hydrogen-bond acceptors (Lipinski definition) is 6. The van der Waals surface area contributed by atoms with Crippen molar-refractivity contribution in [3.05, 3.63) is 53.0 Å². The molecule has 0 saturated carbocycles. The van der Waals surface area contributed by atoms with Crippen LogP contribution in [0.15, 0.2) is 35.8 Å². The van der Waals surface area contributed by atoms with E-state index < -0.39 is 11.6 Å². The van der Waals surface area contributed by atoms with Gasteiger partial charge in [0.05, 0.1) is 20.4 Å². The normalized spacial score (nSPS) is 11.3. The molecular weight excluding hydrogens is 462 g/mol. The lowest BCUT2D eigenvalue weighted by Crippen LogP contribution is -2.38. The van der Waals surface area contributed by atoms with Crippen LogP contribution in [0, 0.1) is 11.6 Å². The quantitative estimate of drug-likeness (QED) is 0.344. The number of nitrogens with zero attached hydrogens (tertiary/aromatic N) is 4. The van der Waals surface area contributed by atoms with Crippen molar-refractivity contribution in [2.75, 3.05) is 31.1 Å².